The third-order valence-electron chi connectivity index (χ3n) is 3.47. The highest BCUT2D eigenvalue weighted by Crippen LogP contribution is 2.25. The summed E-state index contributed by atoms with van der Waals surface area (Å²) in [5.74, 6) is -3.66. The largest absolute Gasteiger partial charge is 0.481 e. The minimum atomic E-state index is -1.44. The second kappa shape index (κ2) is 9.30. The summed E-state index contributed by atoms with van der Waals surface area (Å²) in [5.41, 5.74) is 0.816. The van der Waals surface area contributed by atoms with E-state index in [2.05, 4.69) is 0 Å². The Hall–Kier alpha value is -3.45. The standard InChI is InChI=1S/C10H8O4.C10H8O2S/c11-9(12)8(10(13)14)6-7-4-2-1-3-5-7;11-10(12)5-7-6-13-9-4-2-1-3-8(7)9/h1-6H,(H,11,12)(H,13,14);1-4,6H,5H2,(H,11,12). The van der Waals surface area contributed by atoms with Crippen LogP contribution in [0, 0.1) is 0 Å². The van der Waals surface area contributed by atoms with Crippen molar-refractivity contribution in [2.24, 2.45) is 0 Å². The van der Waals surface area contributed by atoms with Gasteiger partial charge in [0.15, 0.2) is 0 Å². The highest BCUT2D eigenvalue weighted by molar-refractivity contribution is 7.17. The van der Waals surface area contributed by atoms with Gasteiger partial charge in [0, 0.05) is 4.70 Å². The molecule has 0 aliphatic rings. The molecule has 0 fully saturated rings. The smallest absolute Gasteiger partial charge is 0.343 e. The molecule has 3 rings (SSSR count). The van der Waals surface area contributed by atoms with E-state index in [0.29, 0.717) is 5.56 Å². The molecule has 6 nitrogen and oxygen atoms in total. The summed E-state index contributed by atoms with van der Waals surface area (Å²) in [4.78, 5) is 31.5. The molecular weight excluding hydrogens is 368 g/mol. The van der Waals surface area contributed by atoms with Gasteiger partial charge < -0.3 is 15.3 Å². The van der Waals surface area contributed by atoms with Gasteiger partial charge in [-0.3, -0.25) is 4.79 Å². The van der Waals surface area contributed by atoms with Gasteiger partial charge in [-0.1, -0.05) is 48.5 Å². The Morgan fingerprint density at radius 3 is 2.04 bits per heavy atom. The summed E-state index contributed by atoms with van der Waals surface area (Å²) in [7, 11) is 0. The van der Waals surface area contributed by atoms with E-state index in [-0.39, 0.29) is 6.42 Å². The average molecular weight is 384 g/mol. The molecule has 1 aromatic heterocycles. The van der Waals surface area contributed by atoms with Gasteiger partial charge in [0.05, 0.1) is 6.42 Å². The molecule has 0 bridgehead atoms. The van der Waals surface area contributed by atoms with Crippen LogP contribution in [-0.2, 0) is 20.8 Å². The highest BCUT2D eigenvalue weighted by Gasteiger charge is 2.15. The summed E-state index contributed by atoms with van der Waals surface area (Å²) >= 11 is 1.59. The minimum Gasteiger partial charge on any atom is -0.481 e. The van der Waals surface area contributed by atoms with Gasteiger partial charge in [-0.05, 0) is 34.0 Å². The molecule has 2 aromatic carbocycles. The van der Waals surface area contributed by atoms with E-state index >= 15 is 0 Å². The van der Waals surface area contributed by atoms with Crippen LogP contribution in [0.1, 0.15) is 11.1 Å². The van der Waals surface area contributed by atoms with Crippen molar-refractivity contribution >= 4 is 45.4 Å². The second-order valence-corrected chi connectivity index (χ2v) is 6.32. The van der Waals surface area contributed by atoms with Crippen molar-refractivity contribution in [2.75, 3.05) is 0 Å². The van der Waals surface area contributed by atoms with Crippen molar-refractivity contribution in [3.05, 3.63) is 76.7 Å². The molecule has 7 heteroatoms. The lowest BCUT2D eigenvalue weighted by Gasteiger charge is -1.95. The number of hydrogen-bond acceptors (Lipinski definition) is 4. The van der Waals surface area contributed by atoms with Crippen molar-refractivity contribution in [1.29, 1.82) is 0 Å². The maximum atomic E-state index is 10.5. The molecule has 0 radical (unpaired) electrons. The lowest BCUT2D eigenvalue weighted by Crippen LogP contribution is -2.10. The molecule has 0 amide bonds. The molecule has 0 saturated heterocycles. The zero-order valence-electron chi connectivity index (χ0n) is 14.0. The molecule has 138 valence electrons. The molecule has 0 atom stereocenters. The maximum absolute atomic E-state index is 10.5. The zero-order chi connectivity index (χ0) is 19.8. The Morgan fingerprint density at radius 2 is 1.44 bits per heavy atom. The van der Waals surface area contributed by atoms with Gasteiger partial charge in [0.1, 0.15) is 5.57 Å². The molecular formula is C20H16O6S. The van der Waals surface area contributed by atoms with Crippen LogP contribution in [0.5, 0.6) is 0 Å². The maximum Gasteiger partial charge on any atom is 0.343 e. The number of hydrogen-bond donors (Lipinski definition) is 3. The fraction of sp³-hybridized carbons (Fsp3) is 0.0500. The molecule has 0 aliphatic heterocycles. The molecule has 1 heterocycles. The van der Waals surface area contributed by atoms with E-state index < -0.39 is 23.5 Å². The van der Waals surface area contributed by atoms with Gasteiger partial charge in [0.2, 0.25) is 0 Å². The molecule has 0 spiro atoms. The Morgan fingerprint density at radius 1 is 0.852 bits per heavy atom. The first kappa shape index (κ1) is 19.9. The zero-order valence-corrected chi connectivity index (χ0v) is 14.8. The lowest BCUT2D eigenvalue weighted by atomic mass is 10.1. The van der Waals surface area contributed by atoms with E-state index in [9.17, 15) is 14.4 Å². The van der Waals surface area contributed by atoms with Crippen LogP contribution in [0.2, 0.25) is 0 Å². The number of carboxylic acids is 3. The molecule has 0 unspecified atom stereocenters. The first-order valence-corrected chi connectivity index (χ1v) is 8.66. The number of carboxylic acid groups (broad SMARTS) is 3. The highest BCUT2D eigenvalue weighted by atomic mass is 32.1. The van der Waals surface area contributed by atoms with Crippen LogP contribution in [0.3, 0.4) is 0 Å². The van der Waals surface area contributed by atoms with E-state index in [1.807, 2.05) is 29.6 Å². The lowest BCUT2D eigenvalue weighted by molar-refractivity contribution is -0.140. The Bertz CT molecular complexity index is 972. The van der Waals surface area contributed by atoms with E-state index in [0.717, 1.165) is 21.7 Å². The van der Waals surface area contributed by atoms with Gasteiger partial charge >= 0.3 is 17.9 Å². The first-order valence-electron chi connectivity index (χ1n) is 7.78. The number of rotatable bonds is 5. The monoisotopic (exact) mass is 384 g/mol. The van der Waals surface area contributed by atoms with Crippen LogP contribution in [0.15, 0.2) is 65.6 Å². The summed E-state index contributed by atoms with van der Waals surface area (Å²) < 4.78 is 1.15. The Labute approximate surface area is 158 Å². The third-order valence-corrected chi connectivity index (χ3v) is 4.49. The Balaban J connectivity index is 0.000000194. The van der Waals surface area contributed by atoms with Crippen molar-refractivity contribution in [2.45, 2.75) is 6.42 Å². The summed E-state index contributed by atoms with van der Waals surface area (Å²) in [5, 5.41) is 28.7. The van der Waals surface area contributed by atoms with E-state index in [1.54, 1.807) is 41.7 Å². The van der Waals surface area contributed by atoms with Crippen molar-refractivity contribution in [3.63, 3.8) is 0 Å². The van der Waals surface area contributed by atoms with Gasteiger partial charge in [0.25, 0.3) is 0 Å². The van der Waals surface area contributed by atoms with Crippen molar-refractivity contribution < 1.29 is 29.7 Å². The Kier molecular flexibility index (Phi) is 6.85. The summed E-state index contributed by atoms with van der Waals surface area (Å²) in [6.07, 6.45) is 1.23. The minimum absolute atomic E-state index is 0.115. The van der Waals surface area contributed by atoms with E-state index in [1.165, 1.54) is 0 Å². The van der Waals surface area contributed by atoms with Crippen LogP contribution in [0.4, 0.5) is 0 Å². The predicted molar refractivity (Wildman–Crippen MR) is 103 cm³/mol. The third kappa shape index (κ3) is 5.79. The fourth-order valence-corrected chi connectivity index (χ4v) is 3.23. The van der Waals surface area contributed by atoms with Gasteiger partial charge in [-0.2, -0.15) is 0 Å². The van der Waals surface area contributed by atoms with Crippen LogP contribution >= 0.6 is 11.3 Å². The number of thiophene rings is 1. The quantitative estimate of drug-likeness (QED) is 0.351. The summed E-state index contributed by atoms with van der Waals surface area (Å²) in [6, 6.07) is 16.3. The van der Waals surface area contributed by atoms with Crippen LogP contribution in [-0.4, -0.2) is 33.2 Å². The van der Waals surface area contributed by atoms with Gasteiger partial charge in [-0.25, -0.2) is 9.59 Å². The number of aliphatic carboxylic acids is 3. The van der Waals surface area contributed by atoms with Crippen molar-refractivity contribution in [1.82, 2.24) is 0 Å². The number of carbonyl (C=O) groups is 3. The first-order chi connectivity index (χ1) is 12.9. The van der Waals surface area contributed by atoms with Crippen molar-refractivity contribution in [3.8, 4) is 0 Å². The molecule has 3 N–H and O–H groups in total. The number of benzene rings is 2. The van der Waals surface area contributed by atoms with Crippen LogP contribution < -0.4 is 0 Å². The predicted octanol–water partition coefficient (Wildman–Crippen LogP) is 3.77. The summed E-state index contributed by atoms with van der Waals surface area (Å²) in [6.45, 7) is 0. The molecule has 3 aromatic rings. The van der Waals surface area contributed by atoms with E-state index in [4.69, 9.17) is 15.3 Å². The van der Waals surface area contributed by atoms with Crippen LogP contribution in [0.25, 0.3) is 16.2 Å². The fourth-order valence-electron chi connectivity index (χ4n) is 2.26. The molecule has 0 aliphatic carbocycles. The topological polar surface area (TPSA) is 112 Å². The molecule has 0 saturated carbocycles. The second-order valence-electron chi connectivity index (χ2n) is 5.41. The SMILES string of the molecule is O=C(O)C(=Cc1ccccc1)C(=O)O.O=C(O)Cc1csc2ccccc12. The number of fused-ring (bicyclic) bond motifs is 1. The normalized spacial score (nSPS) is 9.78. The van der Waals surface area contributed by atoms with Gasteiger partial charge in [-0.15, -0.1) is 11.3 Å². The molecule has 27 heavy (non-hydrogen) atoms. The average Bonchev–Trinajstić information content (AvgIpc) is 3.03.